The van der Waals surface area contributed by atoms with Gasteiger partial charge in [-0.05, 0) is 46.3 Å². The molecular formula is C13H16Br2F2. The van der Waals surface area contributed by atoms with E-state index >= 15 is 0 Å². The summed E-state index contributed by atoms with van der Waals surface area (Å²) in [5, 5.41) is 0.735. The minimum atomic E-state index is -0.478. The standard InChI is InChI=1S/C13H16Br2F2/c1-3-6-13(2,8-14)7-9-11(16)5-4-10(15)12(9)17/h4-5H,3,6-8H2,1-2H3. The van der Waals surface area contributed by atoms with E-state index < -0.39 is 11.6 Å². The monoisotopic (exact) mass is 368 g/mol. The highest BCUT2D eigenvalue weighted by atomic mass is 79.9. The maximum absolute atomic E-state index is 13.9. The highest BCUT2D eigenvalue weighted by molar-refractivity contribution is 9.10. The first-order valence-corrected chi connectivity index (χ1v) is 7.53. The highest BCUT2D eigenvalue weighted by Crippen LogP contribution is 2.33. The lowest BCUT2D eigenvalue weighted by molar-refractivity contribution is 0.329. The Balaban J connectivity index is 3.05. The molecule has 1 aromatic rings. The summed E-state index contributed by atoms with van der Waals surface area (Å²) in [6, 6.07) is 2.71. The van der Waals surface area contributed by atoms with Crippen molar-refractivity contribution in [2.24, 2.45) is 5.41 Å². The normalized spacial score (nSPS) is 14.7. The molecule has 0 spiro atoms. The zero-order valence-corrected chi connectivity index (χ0v) is 13.2. The predicted octanol–water partition coefficient (Wildman–Crippen LogP) is 5.47. The molecule has 0 bridgehead atoms. The molecule has 0 saturated heterocycles. The van der Waals surface area contributed by atoms with Gasteiger partial charge in [0.2, 0.25) is 0 Å². The highest BCUT2D eigenvalue weighted by Gasteiger charge is 2.26. The second-order valence-electron chi connectivity index (χ2n) is 4.69. The summed E-state index contributed by atoms with van der Waals surface area (Å²) in [4.78, 5) is 0. The molecule has 0 aliphatic rings. The van der Waals surface area contributed by atoms with Crippen molar-refractivity contribution in [3.63, 3.8) is 0 Å². The summed E-state index contributed by atoms with van der Waals surface area (Å²) in [7, 11) is 0. The first-order valence-electron chi connectivity index (χ1n) is 5.62. The van der Waals surface area contributed by atoms with Crippen LogP contribution in [0.5, 0.6) is 0 Å². The van der Waals surface area contributed by atoms with Crippen LogP contribution >= 0.6 is 31.9 Å². The molecule has 1 aromatic carbocycles. The van der Waals surface area contributed by atoms with Crippen molar-refractivity contribution in [1.29, 1.82) is 0 Å². The van der Waals surface area contributed by atoms with Crippen molar-refractivity contribution in [3.8, 4) is 0 Å². The van der Waals surface area contributed by atoms with Crippen LogP contribution in [0.1, 0.15) is 32.3 Å². The Kier molecular flexibility index (Phi) is 5.58. The van der Waals surface area contributed by atoms with Crippen molar-refractivity contribution in [3.05, 3.63) is 33.8 Å². The molecule has 0 aliphatic heterocycles. The summed E-state index contributed by atoms with van der Waals surface area (Å²) in [5.41, 5.74) is 0.0619. The van der Waals surface area contributed by atoms with Crippen molar-refractivity contribution >= 4 is 31.9 Å². The second kappa shape index (κ2) is 6.28. The summed E-state index contributed by atoms with van der Waals surface area (Å²) >= 11 is 6.54. The summed E-state index contributed by atoms with van der Waals surface area (Å²) < 4.78 is 27.9. The average Bonchev–Trinajstić information content (AvgIpc) is 2.30. The minimum Gasteiger partial charge on any atom is -0.207 e. The quantitative estimate of drug-likeness (QED) is 0.476. The molecule has 1 atom stereocenters. The third-order valence-corrected chi connectivity index (χ3v) is 4.88. The van der Waals surface area contributed by atoms with E-state index in [1.165, 1.54) is 12.1 Å². The van der Waals surface area contributed by atoms with Gasteiger partial charge in [-0.15, -0.1) is 0 Å². The molecule has 0 amide bonds. The molecule has 0 fully saturated rings. The number of benzene rings is 1. The van der Waals surface area contributed by atoms with Crippen LogP contribution in [0, 0.1) is 17.0 Å². The summed E-state index contributed by atoms with van der Waals surface area (Å²) in [6.45, 7) is 4.12. The molecule has 0 radical (unpaired) electrons. The van der Waals surface area contributed by atoms with E-state index in [0.29, 0.717) is 10.9 Å². The molecule has 17 heavy (non-hydrogen) atoms. The lowest BCUT2D eigenvalue weighted by Gasteiger charge is -2.27. The maximum atomic E-state index is 13.9. The van der Waals surface area contributed by atoms with Gasteiger partial charge in [0.05, 0.1) is 4.47 Å². The smallest absolute Gasteiger partial charge is 0.143 e. The van der Waals surface area contributed by atoms with Gasteiger partial charge < -0.3 is 0 Å². The van der Waals surface area contributed by atoms with Crippen molar-refractivity contribution < 1.29 is 8.78 Å². The Labute approximate surface area is 118 Å². The van der Waals surface area contributed by atoms with Crippen LogP contribution in [0.2, 0.25) is 0 Å². The Hall–Kier alpha value is 0.0400. The molecule has 0 saturated carbocycles. The molecule has 96 valence electrons. The van der Waals surface area contributed by atoms with Crippen LogP contribution in [0.4, 0.5) is 8.78 Å². The van der Waals surface area contributed by atoms with Crippen LogP contribution in [0.25, 0.3) is 0 Å². The van der Waals surface area contributed by atoms with Crippen LogP contribution < -0.4 is 0 Å². The van der Waals surface area contributed by atoms with E-state index in [4.69, 9.17) is 0 Å². The maximum Gasteiger partial charge on any atom is 0.143 e. The molecule has 0 N–H and O–H groups in total. The lowest BCUT2D eigenvalue weighted by Crippen LogP contribution is -2.22. The first-order chi connectivity index (χ1) is 7.93. The van der Waals surface area contributed by atoms with Crippen LogP contribution in [-0.4, -0.2) is 5.33 Å². The third-order valence-electron chi connectivity index (χ3n) is 2.92. The fourth-order valence-corrected chi connectivity index (χ4v) is 2.81. The van der Waals surface area contributed by atoms with E-state index in [-0.39, 0.29) is 11.0 Å². The Morgan fingerprint density at radius 3 is 2.47 bits per heavy atom. The summed E-state index contributed by atoms with van der Waals surface area (Å²) in [6.07, 6.45) is 2.34. The number of hydrogen-bond acceptors (Lipinski definition) is 0. The average molecular weight is 370 g/mol. The molecule has 1 rings (SSSR count). The predicted molar refractivity (Wildman–Crippen MR) is 74.6 cm³/mol. The van der Waals surface area contributed by atoms with E-state index in [2.05, 4.69) is 38.8 Å². The van der Waals surface area contributed by atoms with Crippen LogP contribution in [0.3, 0.4) is 0 Å². The molecule has 1 unspecified atom stereocenters. The minimum absolute atomic E-state index is 0.114. The molecular weight excluding hydrogens is 354 g/mol. The number of rotatable bonds is 5. The Morgan fingerprint density at radius 1 is 1.29 bits per heavy atom. The van der Waals surface area contributed by atoms with Crippen molar-refractivity contribution in [2.75, 3.05) is 5.33 Å². The second-order valence-corrected chi connectivity index (χ2v) is 6.11. The first kappa shape index (κ1) is 15.1. The fraction of sp³-hybridized carbons (Fsp3) is 0.538. The van der Waals surface area contributed by atoms with Gasteiger partial charge in [0.1, 0.15) is 11.6 Å². The Bertz CT molecular complexity index is 393. The van der Waals surface area contributed by atoms with Gasteiger partial charge in [-0.2, -0.15) is 0 Å². The van der Waals surface area contributed by atoms with Gasteiger partial charge in [0, 0.05) is 10.9 Å². The van der Waals surface area contributed by atoms with E-state index in [1.807, 2.05) is 6.92 Å². The molecule has 0 heterocycles. The van der Waals surface area contributed by atoms with Gasteiger partial charge in [-0.25, -0.2) is 8.78 Å². The number of hydrogen-bond donors (Lipinski definition) is 0. The van der Waals surface area contributed by atoms with E-state index in [0.717, 1.165) is 18.2 Å². The van der Waals surface area contributed by atoms with E-state index in [1.54, 1.807) is 0 Å². The molecule has 0 aromatic heterocycles. The molecule has 4 heteroatoms. The van der Waals surface area contributed by atoms with Gasteiger partial charge in [-0.3, -0.25) is 0 Å². The molecule has 0 nitrogen and oxygen atoms in total. The number of alkyl halides is 1. The van der Waals surface area contributed by atoms with Gasteiger partial charge in [0.25, 0.3) is 0 Å². The summed E-state index contributed by atoms with van der Waals surface area (Å²) in [5.74, 6) is -0.942. The van der Waals surface area contributed by atoms with Gasteiger partial charge in [-0.1, -0.05) is 36.2 Å². The number of halogens is 4. The van der Waals surface area contributed by atoms with Crippen LogP contribution in [-0.2, 0) is 6.42 Å². The SMILES string of the molecule is CCCC(C)(CBr)Cc1c(F)ccc(Br)c1F. The zero-order valence-electron chi connectivity index (χ0n) is 9.99. The zero-order chi connectivity index (χ0) is 13.1. The Morgan fingerprint density at radius 2 is 1.94 bits per heavy atom. The largest absolute Gasteiger partial charge is 0.207 e. The lowest BCUT2D eigenvalue weighted by atomic mass is 9.81. The van der Waals surface area contributed by atoms with Crippen molar-refractivity contribution in [2.45, 2.75) is 33.1 Å². The van der Waals surface area contributed by atoms with Crippen molar-refractivity contribution in [1.82, 2.24) is 0 Å². The van der Waals surface area contributed by atoms with Crippen LogP contribution in [0.15, 0.2) is 16.6 Å². The van der Waals surface area contributed by atoms with E-state index in [9.17, 15) is 8.78 Å². The van der Waals surface area contributed by atoms with Gasteiger partial charge >= 0.3 is 0 Å². The molecule has 0 aliphatic carbocycles. The van der Waals surface area contributed by atoms with Gasteiger partial charge in [0.15, 0.2) is 0 Å². The topological polar surface area (TPSA) is 0 Å². The fourth-order valence-electron chi connectivity index (χ4n) is 1.96. The third kappa shape index (κ3) is 3.75.